The molecule has 0 saturated heterocycles. The van der Waals surface area contributed by atoms with E-state index in [1.165, 1.54) is 0 Å². The van der Waals surface area contributed by atoms with Crippen LogP contribution in [0.2, 0.25) is 0 Å². The third kappa shape index (κ3) is 6.27. The molecule has 0 bridgehead atoms. The second-order valence-corrected chi connectivity index (χ2v) is 18.5. The summed E-state index contributed by atoms with van der Waals surface area (Å²) in [6.45, 7) is 13.3. The largest absolute Gasteiger partial charge is 0.310 e. The van der Waals surface area contributed by atoms with E-state index in [1.807, 2.05) is 36.4 Å². The van der Waals surface area contributed by atoms with Crippen molar-refractivity contribution in [2.75, 3.05) is 9.80 Å². The first kappa shape index (κ1) is 38.4. The van der Waals surface area contributed by atoms with Gasteiger partial charge in [-0.3, -0.25) is 0 Å². The summed E-state index contributed by atoms with van der Waals surface area (Å²) >= 11 is 0. The number of rotatable bonds is 4. The van der Waals surface area contributed by atoms with Gasteiger partial charge in [0.2, 0.25) is 0 Å². The first-order valence-electron chi connectivity index (χ1n) is 21.1. The van der Waals surface area contributed by atoms with Gasteiger partial charge >= 0.3 is 0 Å². The zero-order valence-electron chi connectivity index (χ0n) is 35.5. The Morgan fingerprint density at radius 1 is 0.344 bits per heavy atom. The number of nitrogens with zero attached hydrogens (tertiary/aromatic N) is 2. The van der Waals surface area contributed by atoms with Crippen LogP contribution in [0.1, 0.15) is 74.9 Å². The van der Waals surface area contributed by atoms with E-state index in [-0.39, 0.29) is 22.5 Å². The minimum atomic E-state index is -1.13. The van der Waals surface area contributed by atoms with Crippen LogP contribution in [0.15, 0.2) is 182 Å². The number of hydrogen-bond acceptors (Lipinski definition) is 2. The second-order valence-electron chi connectivity index (χ2n) is 18.5. The molecule has 61 heavy (non-hydrogen) atoms. The molecule has 1 spiro atoms. The second kappa shape index (κ2) is 14.2. The number of fused-ring (bicyclic) bond motifs is 8. The molecule has 2 nitrogen and oxygen atoms in total. The highest BCUT2D eigenvalue weighted by atomic mass is 19.1. The van der Waals surface area contributed by atoms with Crippen LogP contribution >= 0.6 is 0 Å². The van der Waals surface area contributed by atoms with Crippen molar-refractivity contribution in [2.24, 2.45) is 0 Å². The molecule has 0 N–H and O–H groups in total. The predicted molar refractivity (Wildman–Crippen MR) is 249 cm³/mol. The normalized spacial score (nSPS) is 14.0. The van der Waals surface area contributed by atoms with Gasteiger partial charge in [-0.1, -0.05) is 151 Å². The van der Waals surface area contributed by atoms with E-state index in [2.05, 4.69) is 173 Å². The summed E-state index contributed by atoms with van der Waals surface area (Å²) in [6.07, 6.45) is 0. The Balaban J connectivity index is 1.32. The van der Waals surface area contributed by atoms with E-state index in [4.69, 9.17) is 0 Å². The minimum absolute atomic E-state index is 0.222. The van der Waals surface area contributed by atoms with Gasteiger partial charge in [0.25, 0.3) is 0 Å². The fraction of sp³-hybridized carbons (Fsp3) is 0.158. The quantitative estimate of drug-likeness (QED) is 0.175. The molecule has 2 heterocycles. The third-order valence-corrected chi connectivity index (χ3v) is 12.7. The van der Waals surface area contributed by atoms with Crippen LogP contribution in [-0.2, 0) is 16.2 Å². The Kier molecular flexibility index (Phi) is 8.92. The van der Waals surface area contributed by atoms with Gasteiger partial charge < -0.3 is 9.80 Å². The Morgan fingerprint density at radius 3 is 1.21 bits per heavy atom. The van der Waals surface area contributed by atoms with E-state index in [0.29, 0.717) is 0 Å². The molecule has 0 radical (unpaired) electrons. The van der Waals surface area contributed by atoms with Crippen molar-refractivity contribution in [3.63, 3.8) is 0 Å². The monoisotopic (exact) mass is 798 g/mol. The lowest BCUT2D eigenvalue weighted by molar-refractivity contribution is 0.579. The van der Waals surface area contributed by atoms with Crippen molar-refractivity contribution in [1.82, 2.24) is 0 Å². The van der Waals surface area contributed by atoms with Crippen LogP contribution in [-0.4, -0.2) is 0 Å². The fourth-order valence-electron chi connectivity index (χ4n) is 9.58. The molecule has 0 atom stereocenters. The molecule has 0 amide bonds. The molecule has 4 heteroatoms. The van der Waals surface area contributed by atoms with Gasteiger partial charge in [-0.05, 0) is 139 Å². The number of hydrogen-bond donors (Lipinski definition) is 0. The molecular weight excluding hydrogens is 751 g/mol. The lowest BCUT2D eigenvalue weighted by Gasteiger charge is -2.52. The highest BCUT2D eigenvalue weighted by Crippen LogP contribution is 2.65. The van der Waals surface area contributed by atoms with Crippen LogP contribution in [0.3, 0.4) is 0 Å². The summed E-state index contributed by atoms with van der Waals surface area (Å²) in [7, 11) is 0. The maximum absolute atomic E-state index is 16.4. The van der Waals surface area contributed by atoms with E-state index in [9.17, 15) is 0 Å². The van der Waals surface area contributed by atoms with Crippen molar-refractivity contribution >= 4 is 34.1 Å². The maximum atomic E-state index is 16.4. The lowest BCUT2D eigenvalue weighted by atomic mass is 9.59. The van der Waals surface area contributed by atoms with Gasteiger partial charge in [0.05, 0.1) is 28.2 Å². The average molecular weight is 799 g/mol. The molecule has 8 aromatic carbocycles. The van der Waals surface area contributed by atoms with Gasteiger partial charge in [0, 0.05) is 11.4 Å². The molecule has 8 aromatic rings. The summed E-state index contributed by atoms with van der Waals surface area (Å²) in [5.74, 6) is -0.700. The standard InChI is InChI=1S/C57H48F2N2/c1-55(2,3)41-22-28-51-47(33-41)57(48-34-42(56(4,5)6)23-29-52(48)60(51)45-26-20-39(21-27-45)37-14-9-7-10-15-37)49-35-43(58)24-30-53(49)61(54-31-25-44(59)36-50(54)57)46-19-13-18-40(32-46)38-16-11-8-12-17-38/h7-36H,1-6H3. The van der Waals surface area contributed by atoms with Crippen molar-refractivity contribution in [2.45, 2.75) is 57.8 Å². The van der Waals surface area contributed by atoms with Crippen molar-refractivity contribution in [3.8, 4) is 22.3 Å². The van der Waals surface area contributed by atoms with Gasteiger partial charge in [-0.25, -0.2) is 8.78 Å². The number of benzene rings is 8. The van der Waals surface area contributed by atoms with E-state index < -0.39 is 5.41 Å². The topological polar surface area (TPSA) is 6.48 Å². The Labute approximate surface area is 358 Å². The number of halogens is 2. The van der Waals surface area contributed by atoms with Crippen molar-refractivity contribution < 1.29 is 8.78 Å². The lowest BCUT2D eigenvalue weighted by Crippen LogP contribution is -2.42. The van der Waals surface area contributed by atoms with Gasteiger partial charge in [0.1, 0.15) is 11.6 Å². The van der Waals surface area contributed by atoms with Crippen molar-refractivity contribution in [1.29, 1.82) is 0 Å². The van der Waals surface area contributed by atoms with Crippen LogP contribution < -0.4 is 9.80 Å². The molecule has 300 valence electrons. The molecule has 0 aromatic heterocycles. The van der Waals surface area contributed by atoms with Crippen molar-refractivity contribution in [3.05, 3.63) is 227 Å². The molecule has 0 saturated carbocycles. The minimum Gasteiger partial charge on any atom is -0.310 e. The van der Waals surface area contributed by atoms with Gasteiger partial charge in [0.15, 0.2) is 0 Å². The first-order valence-corrected chi connectivity index (χ1v) is 21.1. The van der Waals surface area contributed by atoms with Gasteiger partial charge in [-0.2, -0.15) is 0 Å². The SMILES string of the molecule is CC(C)(C)c1ccc2c(c1)C1(c3cc(F)ccc3N(c3cccc(-c4ccccc4)c3)c3ccc(F)cc31)c1cc(C(C)(C)C)ccc1N2c1ccc(-c2ccccc2)cc1. The molecule has 2 aliphatic rings. The summed E-state index contributed by atoms with van der Waals surface area (Å²) in [5, 5.41) is 0. The third-order valence-electron chi connectivity index (χ3n) is 12.7. The Hall–Kier alpha value is -6.78. The summed E-state index contributed by atoms with van der Waals surface area (Å²) in [5.41, 5.74) is 14.1. The Morgan fingerprint density at radius 2 is 0.738 bits per heavy atom. The van der Waals surface area contributed by atoms with Crippen LogP contribution in [0.4, 0.5) is 42.9 Å². The molecule has 2 aliphatic heterocycles. The number of anilines is 6. The maximum Gasteiger partial charge on any atom is 0.123 e. The zero-order chi connectivity index (χ0) is 42.3. The van der Waals surface area contributed by atoms with Gasteiger partial charge in [-0.15, -0.1) is 0 Å². The highest BCUT2D eigenvalue weighted by molar-refractivity contribution is 5.97. The zero-order valence-corrected chi connectivity index (χ0v) is 35.5. The van der Waals surface area contributed by atoms with Crippen LogP contribution in [0.5, 0.6) is 0 Å². The van der Waals surface area contributed by atoms with E-state index in [0.717, 1.165) is 89.8 Å². The van der Waals surface area contributed by atoms with E-state index in [1.54, 1.807) is 24.3 Å². The smallest absolute Gasteiger partial charge is 0.123 e. The summed E-state index contributed by atoms with van der Waals surface area (Å²) in [6, 6.07) is 61.7. The predicted octanol–water partition coefficient (Wildman–Crippen LogP) is 15.8. The molecule has 0 fully saturated rings. The van der Waals surface area contributed by atoms with E-state index >= 15 is 8.78 Å². The first-order chi connectivity index (χ1) is 29.3. The molecule has 0 unspecified atom stereocenters. The Bertz CT molecular complexity index is 2840. The average Bonchev–Trinajstić information content (AvgIpc) is 3.26. The molecular formula is C57H48F2N2. The summed E-state index contributed by atoms with van der Waals surface area (Å²) in [4.78, 5) is 4.54. The highest BCUT2D eigenvalue weighted by Gasteiger charge is 2.53. The molecule has 0 aliphatic carbocycles. The van der Waals surface area contributed by atoms with Crippen LogP contribution in [0.25, 0.3) is 22.3 Å². The fourth-order valence-corrected chi connectivity index (χ4v) is 9.58. The van der Waals surface area contributed by atoms with Crippen LogP contribution in [0, 0.1) is 11.6 Å². The molecule has 10 rings (SSSR count). The summed E-state index contributed by atoms with van der Waals surface area (Å²) < 4.78 is 32.8.